The fourth-order valence-corrected chi connectivity index (χ4v) is 3.45. The first kappa shape index (κ1) is 15.5. The van der Waals surface area contributed by atoms with E-state index in [1.807, 2.05) is 0 Å². The predicted molar refractivity (Wildman–Crippen MR) is 88.8 cm³/mol. The maximum atomic E-state index is 12.0. The molecule has 0 bridgehead atoms. The quantitative estimate of drug-likeness (QED) is 0.925. The van der Waals surface area contributed by atoms with E-state index in [-0.39, 0.29) is 11.9 Å². The van der Waals surface area contributed by atoms with Crippen LogP contribution in [0.25, 0.3) is 0 Å². The number of fused-ring (bicyclic) bond motifs is 1. The summed E-state index contributed by atoms with van der Waals surface area (Å²) in [5.41, 5.74) is 2.77. The number of carbonyl (C=O) groups is 1. The highest BCUT2D eigenvalue weighted by molar-refractivity contribution is 5.82. The molecule has 2 heterocycles. The van der Waals surface area contributed by atoms with Crippen LogP contribution in [-0.2, 0) is 11.3 Å². The molecule has 1 atom stereocenters. The Bertz CT molecular complexity index is 512. The predicted octanol–water partition coefficient (Wildman–Crippen LogP) is 1.82. The van der Waals surface area contributed by atoms with Crippen molar-refractivity contribution in [3.63, 3.8) is 0 Å². The summed E-state index contributed by atoms with van der Waals surface area (Å²) in [5.74, 6) is 0.802. The summed E-state index contributed by atoms with van der Waals surface area (Å²) in [6.45, 7) is 10.3. The minimum absolute atomic E-state index is 0.0852. The van der Waals surface area contributed by atoms with Crippen LogP contribution in [0.2, 0.25) is 0 Å². The molecule has 2 aliphatic rings. The lowest BCUT2D eigenvalue weighted by Crippen LogP contribution is -2.55. The second-order valence-electron chi connectivity index (χ2n) is 6.80. The summed E-state index contributed by atoms with van der Waals surface area (Å²) in [5, 5.41) is 2.99. The van der Waals surface area contributed by atoms with Crippen LogP contribution in [0.4, 0.5) is 0 Å². The average molecular weight is 301 g/mol. The first-order valence-electron chi connectivity index (χ1n) is 8.46. The molecule has 1 unspecified atom stereocenters. The lowest BCUT2D eigenvalue weighted by molar-refractivity contribution is -0.128. The molecule has 1 aromatic carbocycles. The largest absolute Gasteiger partial charge is 0.353 e. The number of hydrogen-bond donors (Lipinski definition) is 1. The van der Waals surface area contributed by atoms with Crippen LogP contribution in [0.15, 0.2) is 24.3 Å². The fraction of sp³-hybridized carbons (Fsp3) is 0.611. The molecule has 0 aliphatic carbocycles. The molecular weight excluding hydrogens is 274 g/mol. The number of nitrogens with one attached hydrogen (secondary N) is 1. The number of piperazine rings is 1. The summed E-state index contributed by atoms with van der Waals surface area (Å²) < 4.78 is 0. The van der Waals surface area contributed by atoms with Crippen LogP contribution in [0.5, 0.6) is 0 Å². The van der Waals surface area contributed by atoms with Crippen LogP contribution < -0.4 is 5.32 Å². The molecule has 120 valence electrons. The van der Waals surface area contributed by atoms with Gasteiger partial charge in [-0.25, -0.2) is 0 Å². The third kappa shape index (κ3) is 3.50. The molecule has 4 heteroatoms. The lowest BCUT2D eigenvalue weighted by atomic mass is 10.0. The van der Waals surface area contributed by atoms with Crippen LogP contribution in [-0.4, -0.2) is 54.5 Å². The zero-order chi connectivity index (χ0) is 15.5. The Morgan fingerprint density at radius 1 is 1.14 bits per heavy atom. The monoisotopic (exact) mass is 301 g/mol. The van der Waals surface area contributed by atoms with E-state index >= 15 is 0 Å². The molecule has 1 aromatic rings. The zero-order valence-electron chi connectivity index (χ0n) is 13.7. The van der Waals surface area contributed by atoms with Gasteiger partial charge in [0, 0.05) is 39.3 Å². The Labute approximate surface area is 133 Å². The molecule has 2 saturated heterocycles. The molecule has 0 radical (unpaired) electrons. The molecule has 0 aromatic heterocycles. The standard InChI is InChI=1S/C18H27N3O/c1-14(2)16-5-3-15(4-6-16)13-20-9-7-17-18(22)19-8-10-21(17)12-11-20/h3-6,14,17H,7-13H2,1-2H3,(H,19,22). The molecule has 0 spiro atoms. The topological polar surface area (TPSA) is 35.6 Å². The molecule has 22 heavy (non-hydrogen) atoms. The highest BCUT2D eigenvalue weighted by atomic mass is 16.2. The number of amides is 1. The maximum absolute atomic E-state index is 12.0. The maximum Gasteiger partial charge on any atom is 0.237 e. The highest BCUT2D eigenvalue weighted by Crippen LogP contribution is 2.18. The second kappa shape index (κ2) is 6.80. The fourth-order valence-electron chi connectivity index (χ4n) is 3.45. The summed E-state index contributed by atoms with van der Waals surface area (Å²) >= 11 is 0. The molecular formula is C18H27N3O. The van der Waals surface area contributed by atoms with Crippen LogP contribution in [0.3, 0.4) is 0 Å². The van der Waals surface area contributed by atoms with Gasteiger partial charge in [0.1, 0.15) is 0 Å². The van der Waals surface area contributed by atoms with Gasteiger partial charge in [-0.1, -0.05) is 38.1 Å². The number of hydrogen-bond acceptors (Lipinski definition) is 3. The van der Waals surface area contributed by atoms with E-state index in [1.165, 1.54) is 11.1 Å². The summed E-state index contributed by atoms with van der Waals surface area (Å²) in [6, 6.07) is 9.07. The summed E-state index contributed by atoms with van der Waals surface area (Å²) in [4.78, 5) is 16.8. The van der Waals surface area contributed by atoms with Crippen molar-refractivity contribution in [3.05, 3.63) is 35.4 Å². The van der Waals surface area contributed by atoms with Crippen molar-refractivity contribution in [2.24, 2.45) is 0 Å². The number of carbonyl (C=O) groups excluding carboxylic acids is 1. The minimum Gasteiger partial charge on any atom is -0.353 e. The molecule has 3 rings (SSSR count). The van der Waals surface area contributed by atoms with Crippen molar-refractivity contribution in [2.45, 2.75) is 38.8 Å². The number of rotatable bonds is 3. The van der Waals surface area contributed by atoms with Crippen molar-refractivity contribution in [1.82, 2.24) is 15.1 Å². The van der Waals surface area contributed by atoms with Crippen LogP contribution in [0.1, 0.15) is 37.3 Å². The SMILES string of the molecule is CC(C)c1ccc(CN2CCC3C(=O)NCCN3CC2)cc1. The van der Waals surface area contributed by atoms with Gasteiger partial charge in [0.25, 0.3) is 0 Å². The van der Waals surface area contributed by atoms with Crippen molar-refractivity contribution in [1.29, 1.82) is 0 Å². The minimum atomic E-state index is 0.0852. The van der Waals surface area contributed by atoms with Gasteiger partial charge < -0.3 is 5.32 Å². The zero-order valence-corrected chi connectivity index (χ0v) is 13.7. The molecule has 2 aliphatic heterocycles. The van der Waals surface area contributed by atoms with Gasteiger partial charge in [-0.05, 0) is 23.5 Å². The Morgan fingerprint density at radius 2 is 1.91 bits per heavy atom. The first-order valence-corrected chi connectivity index (χ1v) is 8.46. The smallest absolute Gasteiger partial charge is 0.237 e. The van der Waals surface area contributed by atoms with Gasteiger partial charge in [0.15, 0.2) is 0 Å². The number of nitrogens with zero attached hydrogens (tertiary/aromatic N) is 2. The van der Waals surface area contributed by atoms with E-state index in [2.05, 4.69) is 53.2 Å². The Hall–Kier alpha value is -1.39. The normalized spacial score (nSPS) is 24.0. The Morgan fingerprint density at radius 3 is 2.64 bits per heavy atom. The Kier molecular flexibility index (Phi) is 4.79. The van der Waals surface area contributed by atoms with Gasteiger partial charge in [-0.15, -0.1) is 0 Å². The van der Waals surface area contributed by atoms with Crippen molar-refractivity contribution in [3.8, 4) is 0 Å². The molecule has 2 fully saturated rings. The number of benzene rings is 1. The summed E-state index contributed by atoms with van der Waals surface area (Å²) in [7, 11) is 0. The first-order chi connectivity index (χ1) is 10.6. The third-order valence-corrected chi connectivity index (χ3v) is 4.92. The van der Waals surface area contributed by atoms with E-state index in [0.29, 0.717) is 5.92 Å². The van der Waals surface area contributed by atoms with Gasteiger partial charge in [0.2, 0.25) is 5.91 Å². The van der Waals surface area contributed by atoms with E-state index in [0.717, 1.165) is 45.7 Å². The van der Waals surface area contributed by atoms with E-state index in [1.54, 1.807) is 0 Å². The highest BCUT2D eigenvalue weighted by Gasteiger charge is 2.31. The van der Waals surface area contributed by atoms with Crippen LogP contribution >= 0.6 is 0 Å². The van der Waals surface area contributed by atoms with Crippen LogP contribution in [0, 0.1) is 0 Å². The van der Waals surface area contributed by atoms with Crippen molar-refractivity contribution in [2.75, 3.05) is 32.7 Å². The van der Waals surface area contributed by atoms with Gasteiger partial charge in [-0.3, -0.25) is 14.6 Å². The Balaban J connectivity index is 1.60. The summed E-state index contributed by atoms with van der Waals surface area (Å²) in [6.07, 6.45) is 0.940. The third-order valence-electron chi connectivity index (χ3n) is 4.92. The van der Waals surface area contributed by atoms with Crippen molar-refractivity contribution >= 4 is 5.91 Å². The second-order valence-corrected chi connectivity index (χ2v) is 6.80. The van der Waals surface area contributed by atoms with Gasteiger partial charge >= 0.3 is 0 Å². The average Bonchev–Trinajstić information content (AvgIpc) is 2.72. The molecule has 1 amide bonds. The van der Waals surface area contributed by atoms with Gasteiger partial charge in [-0.2, -0.15) is 0 Å². The van der Waals surface area contributed by atoms with Gasteiger partial charge in [0.05, 0.1) is 6.04 Å². The molecule has 1 N–H and O–H groups in total. The molecule has 0 saturated carbocycles. The van der Waals surface area contributed by atoms with Crippen molar-refractivity contribution < 1.29 is 4.79 Å². The van der Waals surface area contributed by atoms with E-state index in [4.69, 9.17) is 0 Å². The van der Waals surface area contributed by atoms with E-state index in [9.17, 15) is 4.79 Å². The molecule has 4 nitrogen and oxygen atoms in total. The lowest BCUT2D eigenvalue weighted by Gasteiger charge is -2.32. The van der Waals surface area contributed by atoms with E-state index < -0.39 is 0 Å².